The third-order valence-corrected chi connectivity index (χ3v) is 6.49. The van der Waals surface area contributed by atoms with Crippen LogP contribution in [-0.4, -0.2) is 11.1 Å². The van der Waals surface area contributed by atoms with Crippen LogP contribution in [0.3, 0.4) is 0 Å². The normalized spacial score (nSPS) is 32.8. The Morgan fingerprint density at radius 2 is 1.83 bits per heavy atom. The van der Waals surface area contributed by atoms with E-state index < -0.39 is 5.97 Å². The highest BCUT2D eigenvalue weighted by atomic mass is 16.4. The number of carboxylic acids is 1. The molecule has 0 radical (unpaired) electrons. The van der Waals surface area contributed by atoms with E-state index in [4.69, 9.17) is 0 Å². The molecule has 1 aliphatic heterocycles. The van der Waals surface area contributed by atoms with Crippen LogP contribution in [0.2, 0.25) is 0 Å². The fourth-order valence-corrected chi connectivity index (χ4v) is 5.61. The number of carbonyl (C=O) groups is 1. The van der Waals surface area contributed by atoms with Crippen LogP contribution < -0.4 is 5.32 Å². The van der Waals surface area contributed by atoms with Crippen LogP contribution in [0.1, 0.15) is 52.7 Å². The second-order valence-electron chi connectivity index (χ2n) is 7.58. The molecule has 0 unspecified atom stereocenters. The van der Waals surface area contributed by atoms with Crippen molar-refractivity contribution in [1.82, 2.24) is 0 Å². The summed E-state index contributed by atoms with van der Waals surface area (Å²) in [4.78, 5) is 11.4. The van der Waals surface area contributed by atoms with Crippen molar-refractivity contribution in [3.8, 4) is 0 Å². The van der Waals surface area contributed by atoms with Crippen molar-refractivity contribution in [2.45, 2.75) is 31.2 Å². The number of aromatic carboxylic acids is 1. The molecule has 2 fully saturated rings. The van der Waals surface area contributed by atoms with Gasteiger partial charge in [0.05, 0.1) is 11.6 Å². The second-order valence-corrected chi connectivity index (χ2v) is 7.58. The molecule has 122 valence electrons. The number of benzene rings is 2. The van der Waals surface area contributed by atoms with Crippen LogP contribution >= 0.6 is 0 Å². The zero-order chi connectivity index (χ0) is 16.3. The van der Waals surface area contributed by atoms with Gasteiger partial charge < -0.3 is 10.4 Å². The van der Waals surface area contributed by atoms with Crippen molar-refractivity contribution < 1.29 is 9.90 Å². The number of hydrogen-bond acceptors (Lipinski definition) is 2. The van der Waals surface area contributed by atoms with E-state index in [0.717, 1.165) is 17.5 Å². The minimum Gasteiger partial charge on any atom is -0.478 e. The maximum absolute atomic E-state index is 11.4. The largest absolute Gasteiger partial charge is 0.478 e. The van der Waals surface area contributed by atoms with Crippen LogP contribution in [0.15, 0.2) is 48.5 Å². The van der Waals surface area contributed by atoms with E-state index in [1.165, 1.54) is 30.4 Å². The standard InChI is InChI=1S/C21H21NO2/c23-21(24)15-8-9-17-16(11-15)18-13-6-7-14(10-13)19(18)20(22-17)12-4-2-1-3-5-12/h1-5,8-9,11,13-14,18-20,22H,6-7,10H2,(H,23,24)/t13-,14-,18-,19-,20+/m0/s1. The molecule has 0 aromatic heterocycles. The first-order chi connectivity index (χ1) is 11.7. The van der Waals surface area contributed by atoms with E-state index in [1.54, 1.807) is 6.07 Å². The van der Waals surface area contributed by atoms with Gasteiger partial charge in [-0.15, -0.1) is 0 Å². The highest BCUT2D eigenvalue weighted by Gasteiger charge is 2.53. The van der Waals surface area contributed by atoms with Crippen molar-refractivity contribution in [1.29, 1.82) is 0 Å². The quantitative estimate of drug-likeness (QED) is 0.845. The topological polar surface area (TPSA) is 49.3 Å². The number of nitrogens with one attached hydrogen (secondary N) is 1. The molecule has 0 saturated heterocycles. The van der Waals surface area contributed by atoms with Gasteiger partial charge in [-0.05, 0) is 72.3 Å². The number of fused-ring (bicyclic) bond motifs is 7. The van der Waals surface area contributed by atoms with Crippen LogP contribution in [0.4, 0.5) is 5.69 Å². The predicted octanol–water partition coefficient (Wildman–Crippen LogP) is 4.68. The molecule has 5 rings (SSSR count). The minimum absolute atomic E-state index is 0.342. The number of rotatable bonds is 2. The molecule has 3 aliphatic rings. The van der Waals surface area contributed by atoms with Gasteiger partial charge in [0.15, 0.2) is 0 Å². The summed E-state index contributed by atoms with van der Waals surface area (Å²) >= 11 is 0. The number of hydrogen-bond donors (Lipinski definition) is 2. The van der Waals surface area contributed by atoms with Crippen LogP contribution in [0.25, 0.3) is 0 Å². The summed E-state index contributed by atoms with van der Waals surface area (Å²) in [6.45, 7) is 0. The first kappa shape index (κ1) is 14.1. The Bertz CT molecular complexity index is 801. The van der Waals surface area contributed by atoms with Crippen molar-refractivity contribution >= 4 is 11.7 Å². The lowest BCUT2D eigenvalue weighted by molar-refractivity contribution is 0.0696. The Balaban J connectivity index is 1.64. The van der Waals surface area contributed by atoms with Gasteiger partial charge in [-0.2, -0.15) is 0 Å². The van der Waals surface area contributed by atoms with Gasteiger partial charge in [0.1, 0.15) is 0 Å². The third-order valence-electron chi connectivity index (χ3n) is 6.49. The average Bonchev–Trinajstić information content (AvgIpc) is 3.23. The third kappa shape index (κ3) is 1.94. The van der Waals surface area contributed by atoms with Gasteiger partial charge in [0.2, 0.25) is 0 Å². The molecule has 2 saturated carbocycles. The van der Waals surface area contributed by atoms with Gasteiger partial charge in [0, 0.05) is 5.69 Å². The average molecular weight is 319 g/mol. The van der Waals surface area contributed by atoms with E-state index in [0.29, 0.717) is 23.4 Å². The Morgan fingerprint density at radius 1 is 1.04 bits per heavy atom. The van der Waals surface area contributed by atoms with Crippen LogP contribution in [0.5, 0.6) is 0 Å². The van der Waals surface area contributed by atoms with Crippen LogP contribution in [0, 0.1) is 17.8 Å². The molecule has 2 bridgehead atoms. The van der Waals surface area contributed by atoms with Gasteiger partial charge in [-0.25, -0.2) is 4.79 Å². The van der Waals surface area contributed by atoms with Gasteiger partial charge in [-0.1, -0.05) is 30.3 Å². The van der Waals surface area contributed by atoms with Crippen LogP contribution in [-0.2, 0) is 0 Å². The van der Waals surface area contributed by atoms with Crippen molar-refractivity contribution in [2.24, 2.45) is 17.8 Å². The number of anilines is 1. The Hall–Kier alpha value is -2.29. The fraction of sp³-hybridized carbons (Fsp3) is 0.381. The first-order valence-electron chi connectivity index (χ1n) is 8.91. The van der Waals surface area contributed by atoms with Crippen molar-refractivity contribution in [3.63, 3.8) is 0 Å². The molecular formula is C21H21NO2. The summed E-state index contributed by atoms with van der Waals surface area (Å²) in [6.07, 6.45) is 3.92. The lowest BCUT2D eigenvalue weighted by Gasteiger charge is -2.43. The Morgan fingerprint density at radius 3 is 2.62 bits per heavy atom. The molecule has 3 heteroatoms. The summed E-state index contributed by atoms with van der Waals surface area (Å²) in [5.41, 5.74) is 4.13. The summed E-state index contributed by atoms with van der Waals surface area (Å²) in [5, 5.41) is 13.1. The molecule has 3 nitrogen and oxygen atoms in total. The highest BCUT2D eigenvalue weighted by Crippen LogP contribution is 2.63. The smallest absolute Gasteiger partial charge is 0.335 e. The Labute approximate surface area is 141 Å². The molecule has 5 atom stereocenters. The molecule has 2 aliphatic carbocycles. The van der Waals surface area contributed by atoms with E-state index in [9.17, 15) is 9.90 Å². The summed E-state index contributed by atoms with van der Waals surface area (Å²) in [7, 11) is 0. The zero-order valence-electron chi connectivity index (χ0n) is 13.5. The molecule has 2 N–H and O–H groups in total. The van der Waals surface area contributed by atoms with E-state index in [2.05, 4.69) is 35.6 Å². The molecule has 0 spiro atoms. The summed E-state index contributed by atoms with van der Waals surface area (Å²) < 4.78 is 0. The summed E-state index contributed by atoms with van der Waals surface area (Å²) in [5.74, 6) is 1.74. The monoisotopic (exact) mass is 319 g/mol. The molecule has 24 heavy (non-hydrogen) atoms. The van der Waals surface area contributed by atoms with E-state index in [-0.39, 0.29) is 0 Å². The molecule has 2 aromatic carbocycles. The fourth-order valence-electron chi connectivity index (χ4n) is 5.61. The molecule has 2 aromatic rings. The van der Waals surface area contributed by atoms with Gasteiger partial charge >= 0.3 is 5.97 Å². The van der Waals surface area contributed by atoms with E-state index >= 15 is 0 Å². The van der Waals surface area contributed by atoms with Crippen molar-refractivity contribution in [2.75, 3.05) is 5.32 Å². The predicted molar refractivity (Wildman–Crippen MR) is 93.3 cm³/mol. The molecule has 0 amide bonds. The van der Waals surface area contributed by atoms with E-state index in [1.807, 2.05) is 12.1 Å². The SMILES string of the molecule is O=C(O)c1ccc2c(c1)[C@@H]1[C@H]3CC[C@@H](C3)[C@@H]1[C@@H](c1ccccc1)N2. The number of carboxylic acid groups (broad SMARTS) is 1. The molecular weight excluding hydrogens is 298 g/mol. The minimum atomic E-state index is -0.831. The first-order valence-corrected chi connectivity index (χ1v) is 8.91. The van der Waals surface area contributed by atoms with Gasteiger partial charge in [0.25, 0.3) is 0 Å². The molecule has 1 heterocycles. The summed E-state index contributed by atoms with van der Waals surface area (Å²) in [6, 6.07) is 16.7. The highest BCUT2D eigenvalue weighted by molar-refractivity contribution is 5.88. The second kappa shape index (κ2) is 5.10. The zero-order valence-corrected chi connectivity index (χ0v) is 13.5. The van der Waals surface area contributed by atoms with Crippen molar-refractivity contribution in [3.05, 3.63) is 65.2 Å². The lowest BCUT2D eigenvalue weighted by atomic mass is 9.68. The van der Waals surface area contributed by atoms with Gasteiger partial charge in [-0.3, -0.25) is 0 Å². The lowest BCUT2D eigenvalue weighted by Crippen LogP contribution is -2.35. The maximum Gasteiger partial charge on any atom is 0.335 e. The Kier molecular flexibility index (Phi) is 2.99. The maximum atomic E-state index is 11.4.